The first-order valence-corrected chi connectivity index (χ1v) is 45.5. The fourth-order valence-electron chi connectivity index (χ4n) is 22.1. The van der Waals surface area contributed by atoms with E-state index in [1.807, 2.05) is 0 Å². The lowest BCUT2D eigenvalue weighted by molar-refractivity contribution is 1.17. The lowest BCUT2D eigenvalue weighted by atomic mass is 9.94. The number of fused-ring (bicyclic) bond motifs is 30. The number of aromatic nitrogens is 6. The molecule has 614 valence electrons. The van der Waals surface area contributed by atoms with Gasteiger partial charge in [0, 0.05) is 98.8 Å². The molecule has 0 aliphatic heterocycles. The largest absolute Gasteiger partial charge is 0.309 e. The third kappa shape index (κ3) is 11.6. The molecule has 0 aliphatic rings. The van der Waals surface area contributed by atoms with E-state index >= 15 is 0 Å². The van der Waals surface area contributed by atoms with Gasteiger partial charge in [0.15, 0.2) is 0 Å². The predicted molar refractivity (Wildman–Crippen MR) is 561 cm³/mol. The molecule has 0 unspecified atom stereocenters. The van der Waals surface area contributed by atoms with Crippen molar-refractivity contribution in [2.75, 3.05) is 0 Å². The Kier molecular flexibility index (Phi) is 17.0. The smallest absolute Gasteiger partial charge is 0.0548 e. The van der Waals surface area contributed by atoms with Gasteiger partial charge in [0.05, 0.1) is 66.2 Å². The summed E-state index contributed by atoms with van der Waals surface area (Å²) in [5.74, 6) is 0. The van der Waals surface area contributed by atoms with Crippen molar-refractivity contribution in [2.24, 2.45) is 0 Å². The molecule has 0 N–H and O–H groups in total. The van der Waals surface area contributed by atoms with E-state index in [1.54, 1.807) is 0 Å². The van der Waals surface area contributed by atoms with Gasteiger partial charge in [0.2, 0.25) is 0 Å². The van der Waals surface area contributed by atoms with Crippen molar-refractivity contribution in [3.8, 4) is 56.4 Å². The van der Waals surface area contributed by atoms with Crippen molar-refractivity contribution in [3.63, 3.8) is 0 Å². The number of nitrogens with zero attached hydrogens (tertiary/aromatic N) is 6. The van der Waals surface area contributed by atoms with Gasteiger partial charge in [-0.05, 0) is 232 Å². The fraction of sp³-hybridized carbons (Fsp3) is 0. The van der Waals surface area contributed by atoms with Crippen molar-refractivity contribution in [2.45, 2.75) is 0 Å². The highest BCUT2D eigenvalue weighted by atomic mass is 15.0. The molecule has 0 atom stereocenters. The van der Waals surface area contributed by atoms with Crippen molar-refractivity contribution in [1.29, 1.82) is 0 Å². The monoisotopic (exact) mass is 1680 g/mol. The second-order valence-electron chi connectivity index (χ2n) is 34.9. The molecule has 0 spiro atoms. The molecule has 0 bridgehead atoms. The van der Waals surface area contributed by atoms with E-state index in [1.165, 1.54) is 246 Å². The highest BCUT2D eigenvalue weighted by molar-refractivity contribution is 6.29. The molecule has 6 heteroatoms. The third-order valence-corrected chi connectivity index (χ3v) is 27.9. The lowest BCUT2D eigenvalue weighted by Crippen LogP contribution is -1.95. The molecule has 132 heavy (non-hydrogen) atoms. The summed E-state index contributed by atoms with van der Waals surface area (Å²) in [6.07, 6.45) is 0. The minimum Gasteiger partial charge on any atom is -0.309 e. The third-order valence-electron chi connectivity index (χ3n) is 27.9. The topological polar surface area (TPSA) is 29.6 Å². The van der Waals surface area contributed by atoms with E-state index < -0.39 is 0 Å². The molecule has 0 saturated heterocycles. The van der Waals surface area contributed by atoms with Crippen molar-refractivity contribution >= 4 is 195 Å². The maximum atomic E-state index is 2.47. The van der Waals surface area contributed by atoms with Crippen LogP contribution in [0.25, 0.3) is 252 Å². The highest BCUT2D eigenvalue weighted by Crippen LogP contribution is 2.47. The molecular formula is C126H80N6. The Hall–Kier alpha value is -17.6. The standard InChI is InChI=1S/C48H30N2.C42H26N2.C36H24N2/c1-2-12-31(13-3-1)32-22-24-33(25-23-32)49-45-20-10-8-18-40(45)43-30-48-44(29-47(43)49)41-19-9-11-21-46(41)50(48)34-26-27-39-37-16-5-4-14-35(37)36-15-6-7-17-38(36)42(39)28-34;1-2-12-27(13-3-1)43-39-20-10-8-18-34(39)37-26-42-38(25-41(37)43)35-19-9-11-21-40(35)44(42)28-22-23-33-31-16-5-4-14-29(31)30-15-6-7-17-32(30)36(33)24-28;1-3-11-25(12-4-1)26-19-21-28(22-20-26)38-34-18-10-8-16-30(34)32-23-35-31(24-36(32)38)29-15-7-9-17-33(29)37(35)27-13-5-2-6-14-27/h1-30H;1-26H;1-24H. The van der Waals surface area contributed by atoms with Gasteiger partial charge in [-0.2, -0.15) is 0 Å². The summed E-state index contributed by atoms with van der Waals surface area (Å²) < 4.78 is 14.6. The molecule has 0 radical (unpaired) electrons. The van der Waals surface area contributed by atoms with E-state index in [2.05, 4.69) is 513 Å². The molecule has 0 aliphatic carbocycles. The van der Waals surface area contributed by atoms with E-state index in [0.717, 1.165) is 5.69 Å². The van der Waals surface area contributed by atoms with E-state index in [9.17, 15) is 0 Å². The first-order chi connectivity index (χ1) is 65.5. The molecule has 0 fully saturated rings. The normalized spacial score (nSPS) is 11.9. The maximum Gasteiger partial charge on any atom is 0.0548 e. The van der Waals surface area contributed by atoms with Crippen molar-refractivity contribution in [3.05, 3.63) is 485 Å². The van der Waals surface area contributed by atoms with Crippen LogP contribution in [-0.4, -0.2) is 27.4 Å². The van der Waals surface area contributed by atoms with Crippen LogP contribution < -0.4 is 0 Å². The molecular weight excluding hydrogens is 1600 g/mol. The molecule has 0 amide bonds. The van der Waals surface area contributed by atoms with Crippen LogP contribution >= 0.6 is 0 Å². The zero-order valence-electron chi connectivity index (χ0n) is 71.9. The van der Waals surface area contributed by atoms with Crippen LogP contribution in [0.5, 0.6) is 0 Å². The van der Waals surface area contributed by atoms with Crippen molar-refractivity contribution < 1.29 is 0 Å². The number of hydrogen-bond donors (Lipinski definition) is 0. The van der Waals surface area contributed by atoms with Crippen LogP contribution in [-0.2, 0) is 0 Å². The van der Waals surface area contributed by atoms with Gasteiger partial charge < -0.3 is 27.4 Å². The summed E-state index contributed by atoms with van der Waals surface area (Å²) in [7, 11) is 0. The summed E-state index contributed by atoms with van der Waals surface area (Å²) in [6.45, 7) is 0. The molecule has 23 aromatic carbocycles. The SMILES string of the molecule is c1ccc(-c2ccc(-n3c4ccccc4c4cc5c(cc43)c3ccccc3n5-c3ccc4c5ccccc5c5ccccc5c4c3)cc2)cc1.c1ccc(-c2ccc(-n3c4ccccc4c4cc5c(cc43)c3ccccc3n5-c3ccccc3)cc2)cc1.c1ccc(-n2c3ccccc3c3cc4c(cc32)c2ccccc2n4-c2ccc3c4ccccc4c4ccccc4c3c2)cc1. The van der Waals surface area contributed by atoms with Gasteiger partial charge in [-0.1, -0.05) is 340 Å². The zero-order valence-corrected chi connectivity index (χ0v) is 71.9. The van der Waals surface area contributed by atoms with Crippen LogP contribution in [0.2, 0.25) is 0 Å². The number of para-hydroxylation sites is 8. The van der Waals surface area contributed by atoms with E-state index in [-0.39, 0.29) is 0 Å². The lowest BCUT2D eigenvalue weighted by Gasteiger charge is -2.14. The van der Waals surface area contributed by atoms with E-state index in [0.29, 0.717) is 0 Å². The Morgan fingerprint density at radius 2 is 0.242 bits per heavy atom. The second-order valence-corrected chi connectivity index (χ2v) is 34.9. The molecule has 6 heterocycles. The summed E-state index contributed by atoms with van der Waals surface area (Å²) in [5.41, 5.74) is 26.6. The van der Waals surface area contributed by atoms with Gasteiger partial charge in [0.25, 0.3) is 0 Å². The first-order valence-electron chi connectivity index (χ1n) is 45.5. The quantitative estimate of drug-likeness (QED) is 0.136. The summed E-state index contributed by atoms with van der Waals surface area (Å²) in [4.78, 5) is 0. The van der Waals surface area contributed by atoms with Gasteiger partial charge in [0.1, 0.15) is 0 Å². The number of benzene rings is 23. The van der Waals surface area contributed by atoms with Crippen LogP contribution in [0.4, 0.5) is 0 Å². The van der Waals surface area contributed by atoms with E-state index in [4.69, 9.17) is 0 Å². The second kappa shape index (κ2) is 30.0. The Morgan fingerprint density at radius 3 is 0.477 bits per heavy atom. The summed E-state index contributed by atoms with van der Waals surface area (Å²) in [5, 5.41) is 30.6. The van der Waals surface area contributed by atoms with Crippen LogP contribution in [0, 0.1) is 0 Å². The fourth-order valence-corrected chi connectivity index (χ4v) is 22.1. The molecule has 29 aromatic rings. The number of hydrogen-bond acceptors (Lipinski definition) is 0. The van der Waals surface area contributed by atoms with Gasteiger partial charge in [-0.15, -0.1) is 0 Å². The Bertz CT molecular complexity index is 9680. The molecule has 6 aromatic heterocycles. The Labute approximate surface area is 759 Å². The number of rotatable bonds is 8. The van der Waals surface area contributed by atoms with Crippen LogP contribution in [0.1, 0.15) is 0 Å². The van der Waals surface area contributed by atoms with Gasteiger partial charge >= 0.3 is 0 Å². The Balaban J connectivity index is 0.000000102. The minimum atomic E-state index is 1.16. The van der Waals surface area contributed by atoms with Crippen LogP contribution in [0.15, 0.2) is 485 Å². The van der Waals surface area contributed by atoms with Crippen LogP contribution in [0.3, 0.4) is 0 Å². The van der Waals surface area contributed by atoms with Crippen molar-refractivity contribution in [1.82, 2.24) is 27.4 Å². The highest BCUT2D eigenvalue weighted by Gasteiger charge is 2.25. The molecule has 6 nitrogen and oxygen atoms in total. The predicted octanol–water partition coefficient (Wildman–Crippen LogP) is 33.9. The van der Waals surface area contributed by atoms with Gasteiger partial charge in [-0.3, -0.25) is 0 Å². The first kappa shape index (κ1) is 74.6. The molecule has 0 saturated carbocycles. The summed E-state index contributed by atoms with van der Waals surface area (Å²) >= 11 is 0. The molecule has 29 rings (SSSR count). The average Bonchev–Trinajstić information content (AvgIpc) is 1.58. The Morgan fingerprint density at radius 1 is 0.0833 bits per heavy atom. The van der Waals surface area contributed by atoms with Gasteiger partial charge in [-0.25, -0.2) is 0 Å². The average molecular weight is 1680 g/mol. The maximum absolute atomic E-state index is 2.47. The zero-order chi connectivity index (χ0) is 86.6. The minimum absolute atomic E-state index is 1.16. The summed E-state index contributed by atoms with van der Waals surface area (Å²) in [6, 6.07) is 177.